The van der Waals surface area contributed by atoms with Crippen molar-refractivity contribution < 1.29 is 54.9 Å². The standard InChI is InChI=1S/C26H16FN5O4S.C25H14F4N2O4S.C22H14FN3O4S2/c27-16-12-10-15(11-13-16)14-31-19-9-5-4-8-18(19)22-20(24(31)34)21(33)23(25(35)36-22)37-26-28-29-30-32(26)17-6-2-1-3-7-17;26-15-8-5-13(6-9-15)12-31-17-4-2-1-3-16(17)21-19(23(31)33)20(32)22(24(34)35-21)36-18-10-7-14(11-30-18)25(27,28)29;1-11-24-25-22(31-11)32-19-17(27)16-18(30-21(19)29)14-4-2-3-5-15(14)26(20(16)28)10-12-6-8-13(23)9-7-12/h1-13,33H,14H2;1-11,32H,12H2;2-9,27H,10H2,1H3. The van der Waals surface area contributed by atoms with E-state index in [-0.39, 0.29) is 78.3 Å². The summed E-state index contributed by atoms with van der Waals surface area (Å²) in [7, 11) is 0. The summed E-state index contributed by atoms with van der Waals surface area (Å²) in [6.45, 7) is 2.07. The molecule has 16 rings (SSSR count). The molecule has 0 aliphatic carbocycles. The number of para-hydroxylation sites is 4. The van der Waals surface area contributed by atoms with Gasteiger partial charge in [-0.1, -0.05) is 114 Å². The summed E-state index contributed by atoms with van der Waals surface area (Å²) in [6.07, 6.45) is -3.98. The van der Waals surface area contributed by atoms with Gasteiger partial charge in [0.15, 0.2) is 38.3 Å². The Bertz CT molecular complexity index is 6480. The quantitative estimate of drug-likeness (QED) is 0.0713. The number of nitrogens with zero attached hydrogens (tertiary/aromatic N) is 10. The lowest BCUT2D eigenvalue weighted by Crippen LogP contribution is -2.22. The van der Waals surface area contributed by atoms with Crippen LogP contribution in [0.5, 0.6) is 17.2 Å². The van der Waals surface area contributed by atoms with Gasteiger partial charge in [-0.25, -0.2) is 32.5 Å². The fourth-order valence-corrected chi connectivity index (χ4v) is 14.7. The number of halogens is 6. The molecule has 0 spiro atoms. The molecule has 7 aromatic carbocycles. The second-order valence-electron chi connectivity index (χ2n) is 22.9. The SMILES string of the molecule is Cc1nnc(Sc2c(O)c3c(=O)n(Cc4ccc(F)cc4)c4ccccc4c3oc2=O)s1.O=c1oc2c(c(O)c1Sc1ccc(C(F)(F)F)cn1)c(=O)n(Cc1ccc(F)cc1)c1ccccc21.O=c1oc2c(c(O)c1Sc1nnnn1-c1ccccc1)c(=O)n(Cc1ccc(F)cc1)c1ccccc21. The molecule has 0 unspecified atom stereocenters. The van der Waals surface area contributed by atoms with Gasteiger partial charge in [-0.15, -0.1) is 15.3 Å². The molecule has 22 nitrogen and oxygen atoms in total. The van der Waals surface area contributed by atoms with Crippen LogP contribution in [0.15, 0.2) is 265 Å². The number of aryl methyl sites for hydroxylation is 1. The van der Waals surface area contributed by atoms with E-state index in [4.69, 9.17) is 13.3 Å². The van der Waals surface area contributed by atoms with Crippen molar-refractivity contribution in [2.24, 2.45) is 0 Å². The third kappa shape index (κ3) is 14.0. The molecule has 0 amide bonds. The second kappa shape index (κ2) is 28.8. The summed E-state index contributed by atoms with van der Waals surface area (Å²) < 4.78 is 101. The molecule has 16 aromatic rings. The second-order valence-corrected chi connectivity index (χ2v) is 27.4. The number of alkyl halides is 3. The van der Waals surface area contributed by atoms with Crippen molar-refractivity contribution in [3.63, 3.8) is 0 Å². The number of aromatic nitrogens is 10. The van der Waals surface area contributed by atoms with Crippen LogP contribution in [0.1, 0.15) is 27.3 Å². The van der Waals surface area contributed by atoms with Crippen LogP contribution in [-0.2, 0) is 25.8 Å². The van der Waals surface area contributed by atoms with Crippen molar-refractivity contribution in [3.05, 3.63) is 301 Å². The fourth-order valence-electron chi connectivity index (χ4n) is 11.4. The highest BCUT2D eigenvalue weighted by atomic mass is 32.2. The van der Waals surface area contributed by atoms with Crippen LogP contribution in [0.2, 0.25) is 0 Å². The van der Waals surface area contributed by atoms with Crippen LogP contribution in [0, 0.1) is 24.4 Å². The largest absolute Gasteiger partial charge is 0.505 e. The predicted octanol–water partition coefficient (Wildman–Crippen LogP) is 14.0. The molecule has 0 bridgehead atoms. The van der Waals surface area contributed by atoms with E-state index in [1.807, 2.05) is 18.2 Å². The van der Waals surface area contributed by atoms with E-state index in [2.05, 4.69) is 30.7 Å². The number of hydrogen-bond donors (Lipinski definition) is 3. The zero-order valence-electron chi connectivity index (χ0n) is 53.5. The summed E-state index contributed by atoms with van der Waals surface area (Å²) >= 11 is 3.52. The Morgan fingerprint density at radius 1 is 0.457 bits per heavy atom. The Morgan fingerprint density at radius 2 is 0.848 bits per heavy atom. The van der Waals surface area contributed by atoms with Crippen molar-refractivity contribution in [2.75, 3.05) is 0 Å². The van der Waals surface area contributed by atoms with Crippen molar-refractivity contribution in [2.45, 2.75) is 61.9 Å². The third-order valence-electron chi connectivity index (χ3n) is 16.2. The summed E-state index contributed by atoms with van der Waals surface area (Å²) in [6, 6.07) is 48.5. The highest BCUT2D eigenvalue weighted by molar-refractivity contribution is 8.01. The van der Waals surface area contributed by atoms with Crippen LogP contribution in [0.25, 0.3) is 71.3 Å². The molecule has 105 heavy (non-hydrogen) atoms. The first-order valence-electron chi connectivity index (χ1n) is 30.9. The van der Waals surface area contributed by atoms with Crippen LogP contribution >= 0.6 is 46.6 Å². The summed E-state index contributed by atoms with van der Waals surface area (Å²) in [4.78, 5) is 82.1. The molecule has 9 aromatic heterocycles. The molecule has 0 aliphatic heterocycles. The molecule has 0 radical (unpaired) electrons. The molecular formula is C73H44F6N10O12S4. The zero-order valence-corrected chi connectivity index (χ0v) is 56.8. The van der Waals surface area contributed by atoms with E-state index >= 15 is 0 Å². The van der Waals surface area contributed by atoms with Gasteiger partial charge >= 0.3 is 23.1 Å². The highest BCUT2D eigenvalue weighted by Gasteiger charge is 2.32. The molecule has 32 heteroatoms. The van der Waals surface area contributed by atoms with Crippen molar-refractivity contribution in [3.8, 4) is 22.9 Å². The number of aromatic hydroxyl groups is 3. The van der Waals surface area contributed by atoms with E-state index < -0.39 is 79.1 Å². The van der Waals surface area contributed by atoms with Gasteiger partial charge in [0.1, 0.15) is 58.3 Å². The van der Waals surface area contributed by atoms with Crippen molar-refractivity contribution in [1.29, 1.82) is 0 Å². The molecule has 9 heterocycles. The van der Waals surface area contributed by atoms with E-state index in [9.17, 15) is 70.4 Å². The fraction of sp³-hybridized carbons (Fsp3) is 0.0685. The lowest BCUT2D eigenvalue weighted by molar-refractivity contribution is -0.137. The van der Waals surface area contributed by atoms with Gasteiger partial charge in [0.05, 0.1) is 47.4 Å². The van der Waals surface area contributed by atoms with Crippen molar-refractivity contribution >= 4 is 112 Å². The summed E-state index contributed by atoms with van der Waals surface area (Å²) in [5, 5.41) is 54.4. The van der Waals surface area contributed by atoms with Gasteiger partial charge in [-0.3, -0.25) is 14.4 Å². The maximum atomic E-state index is 13.7. The van der Waals surface area contributed by atoms with Gasteiger partial charge in [0.2, 0.25) is 5.16 Å². The minimum atomic E-state index is -4.59. The summed E-state index contributed by atoms with van der Waals surface area (Å²) in [5.41, 5.74) is -1.36. The maximum Gasteiger partial charge on any atom is 0.417 e. The lowest BCUT2D eigenvalue weighted by atomic mass is 10.1. The Balaban J connectivity index is 0.000000133. The topological polar surface area (TPSA) is 300 Å². The minimum Gasteiger partial charge on any atom is -0.505 e. The molecule has 0 fully saturated rings. The van der Waals surface area contributed by atoms with Crippen molar-refractivity contribution in [1.82, 2.24) is 49.1 Å². The van der Waals surface area contributed by atoms with Gasteiger partial charge in [-0.05, 0) is 155 Å². The number of pyridine rings is 4. The monoisotopic (exact) mass is 1490 g/mol. The normalized spacial score (nSPS) is 11.6. The average Bonchev–Trinajstić information content (AvgIpc) is 0.771. The van der Waals surface area contributed by atoms with Crippen LogP contribution in [0.3, 0.4) is 0 Å². The molecule has 0 saturated carbocycles. The third-order valence-corrected chi connectivity index (χ3v) is 20.2. The number of benzene rings is 7. The summed E-state index contributed by atoms with van der Waals surface area (Å²) in [5.74, 6) is -2.86. The minimum absolute atomic E-state index is 0.0150. The maximum absolute atomic E-state index is 13.7. The van der Waals surface area contributed by atoms with Crippen LogP contribution in [0.4, 0.5) is 26.3 Å². The Labute approximate surface area is 599 Å². The Kier molecular flexibility index (Phi) is 19.1. The van der Waals surface area contributed by atoms with Crippen LogP contribution < -0.4 is 33.6 Å². The number of fused-ring (bicyclic) bond motifs is 9. The molecule has 0 saturated heterocycles. The number of rotatable bonds is 13. The zero-order chi connectivity index (χ0) is 73.5. The molecule has 3 N–H and O–H groups in total. The van der Waals surface area contributed by atoms with Gasteiger partial charge in [-0.2, -0.15) is 17.9 Å². The lowest BCUT2D eigenvalue weighted by Gasteiger charge is -2.14. The Morgan fingerprint density at radius 3 is 1.23 bits per heavy atom. The van der Waals surface area contributed by atoms with Gasteiger partial charge in [0.25, 0.3) is 16.7 Å². The number of hydrogen-bond acceptors (Lipinski definition) is 22. The number of tetrazole rings is 1. The highest BCUT2D eigenvalue weighted by Crippen LogP contribution is 2.41. The first-order valence-corrected chi connectivity index (χ1v) is 34.2. The average molecular weight is 1500 g/mol. The smallest absolute Gasteiger partial charge is 0.417 e. The van der Waals surface area contributed by atoms with E-state index in [0.717, 1.165) is 35.7 Å². The first-order chi connectivity index (χ1) is 50.6. The van der Waals surface area contributed by atoms with Gasteiger partial charge in [0, 0.05) is 22.4 Å². The first kappa shape index (κ1) is 69.7. The van der Waals surface area contributed by atoms with E-state index in [0.29, 0.717) is 82.4 Å². The molecule has 0 aliphatic rings. The molecule has 0 atom stereocenters. The van der Waals surface area contributed by atoms with E-state index in [1.54, 1.807) is 116 Å². The predicted molar refractivity (Wildman–Crippen MR) is 380 cm³/mol. The van der Waals surface area contributed by atoms with E-state index in [1.165, 1.54) is 78.3 Å². The Hall–Kier alpha value is -12.4. The molecular weight excluding hydrogens is 1450 g/mol. The van der Waals surface area contributed by atoms with Crippen LogP contribution in [-0.4, -0.2) is 64.4 Å². The van der Waals surface area contributed by atoms with Gasteiger partial charge < -0.3 is 42.3 Å². The molecule has 524 valence electrons.